The van der Waals surface area contributed by atoms with Crippen molar-refractivity contribution in [2.24, 2.45) is 4.99 Å². The van der Waals surface area contributed by atoms with E-state index in [1.807, 2.05) is 42.5 Å². The molecule has 0 saturated heterocycles. The SMILES string of the molecule is O=C1OC(c2ccc([N+](=O)[O-])cc2Cl)=N/C1=C\c1ccc(OCCc2ccccc2)cc1. The summed E-state index contributed by atoms with van der Waals surface area (Å²) in [5, 5.41) is 10.9. The van der Waals surface area contributed by atoms with E-state index in [9.17, 15) is 14.9 Å². The number of nitrogens with zero attached hydrogens (tertiary/aromatic N) is 2. The third-order valence-corrected chi connectivity index (χ3v) is 5.01. The molecule has 7 nitrogen and oxygen atoms in total. The van der Waals surface area contributed by atoms with Gasteiger partial charge in [0.2, 0.25) is 5.90 Å². The average molecular weight is 449 g/mol. The number of rotatable bonds is 7. The maximum absolute atomic E-state index is 12.2. The minimum atomic E-state index is -0.627. The van der Waals surface area contributed by atoms with Crippen molar-refractivity contribution in [2.45, 2.75) is 6.42 Å². The van der Waals surface area contributed by atoms with E-state index in [2.05, 4.69) is 17.1 Å². The maximum atomic E-state index is 12.2. The van der Waals surface area contributed by atoms with Crippen LogP contribution in [-0.2, 0) is 16.0 Å². The summed E-state index contributed by atoms with van der Waals surface area (Å²) in [5.74, 6) is 0.0959. The Bertz CT molecular complexity index is 1220. The third-order valence-electron chi connectivity index (χ3n) is 4.70. The van der Waals surface area contributed by atoms with Crippen molar-refractivity contribution in [1.29, 1.82) is 0 Å². The van der Waals surface area contributed by atoms with Gasteiger partial charge in [0.1, 0.15) is 5.75 Å². The Kier molecular flexibility index (Phi) is 6.28. The molecule has 0 unspecified atom stereocenters. The minimum absolute atomic E-state index is 0.00186. The molecule has 160 valence electrons. The van der Waals surface area contributed by atoms with E-state index in [1.54, 1.807) is 6.08 Å². The van der Waals surface area contributed by atoms with Crippen molar-refractivity contribution < 1.29 is 19.2 Å². The first kappa shape index (κ1) is 21.3. The predicted molar refractivity (Wildman–Crippen MR) is 121 cm³/mol. The lowest BCUT2D eigenvalue weighted by molar-refractivity contribution is -0.384. The van der Waals surface area contributed by atoms with Crippen molar-refractivity contribution in [3.05, 3.63) is 110 Å². The maximum Gasteiger partial charge on any atom is 0.363 e. The number of esters is 1. The molecule has 1 heterocycles. The van der Waals surface area contributed by atoms with Crippen LogP contribution in [0.15, 0.2) is 83.5 Å². The van der Waals surface area contributed by atoms with E-state index in [1.165, 1.54) is 23.8 Å². The Morgan fingerprint density at radius 2 is 1.81 bits per heavy atom. The van der Waals surface area contributed by atoms with Gasteiger partial charge in [-0.3, -0.25) is 10.1 Å². The number of carbonyl (C=O) groups is 1. The number of non-ortho nitro benzene ring substituents is 1. The Hall–Kier alpha value is -3.97. The number of nitro benzene ring substituents is 1. The molecule has 1 aliphatic rings. The third kappa shape index (κ3) is 5.01. The molecule has 0 atom stereocenters. The van der Waals surface area contributed by atoms with Gasteiger partial charge in [0.25, 0.3) is 5.69 Å². The Morgan fingerprint density at radius 1 is 1.06 bits per heavy atom. The molecule has 0 fully saturated rings. The highest BCUT2D eigenvalue weighted by molar-refractivity contribution is 6.34. The second kappa shape index (κ2) is 9.45. The second-order valence-corrected chi connectivity index (χ2v) is 7.32. The molecule has 4 rings (SSSR count). The van der Waals surface area contributed by atoms with Gasteiger partial charge in [-0.15, -0.1) is 0 Å². The van der Waals surface area contributed by atoms with Crippen LogP contribution in [0.1, 0.15) is 16.7 Å². The molecule has 1 aliphatic heterocycles. The van der Waals surface area contributed by atoms with Gasteiger partial charge < -0.3 is 9.47 Å². The Morgan fingerprint density at radius 3 is 2.50 bits per heavy atom. The van der Waals surface area contributed by atoms with Crippen LogP contribution >= 0.6 is 11.6 Å². The highest BCUT2D eigenvalue weighted by atomic mass is 35.5. The molecule has 8 heteroatoms. The van der Waals surface area contributed by atoms with Gasteiger partial charge >= 0.3 is 5.97 Å². The molecule has 0 aromatic heterocycles. The molecule has 0 bridgehead atoms. The lowest BCUT2D eigenvalue weighted by atomic mass is 10.1. The Balaban J connectivity index is 1.43. The van der Waals surface area contributed by atoms with Crippen LogP contribution in [-0.4, -0.2) is 23.4 Å². The molecule has 0 N–H and O–H groups in total. The van der Waals surface area contributed by atoms with E-state index in [4.69, 9.17) is 21.1 Å². The first-order valence-electron chi connectivity index (χ1n) is 9.73. The van der Waals surface area contributed by atoms with E-state index in [-0.39, 0.29) is 22.3 Å². The van der Waals surface area contributed by atoms with Crippen molar-refractivity contribution >= 4 is 35.2 Å². The summed E-state index contributed by atoms with van der Waals surface area (Å²) in [7, 11) is 0. The summed E-state index contributed by atoms with van der Waals surface area (Å²) in [6, 6.07) is 21.2. The predicted octanol–water partition coefficient (Wildman–Crippen LogP) is 5.21. The van der Waals surface area contributed by atoms with Crippen LogP contribution in [0.3, 0.4) is 0 Å². The standard InChI is InChI=1S/C24H17ClN2O5/c25-21-15-18(27(29)30)8-11-20(21)23-26-22(24(28)32-23)14-17-6-9-19(10-7-17)31-13-12-16-4-2-1-3-5-16/h1-11,14-15H,12-13H2/b22-14-. The van der Waals surface area contributed by atoms with Crippen molar-refractivity contribution in [3.8, 4) is 5.75 Å². The van der Waals surface area contributed by atoms with Crippen LogP contribution in [0, 0.1) is 10.1 Å². The van der Waals surface area contributed by atoms with E-state index in [0.717, 1.165) is 17.7 Å². The smallest absolute Gasteiger partial charge is 0.363 e. The quantitative estimate of drug-likeness (QED) is 0.214. The van der Waals surface area contributed by atoms with Gasteiger partial charge in [-0.25, -0.2) is 9.79 Å². The second-order valence-electron chi connectivity index (χ2n) is 6.91. The van der Waals surface area contributed by atoms with Gasteiger partial charge in [-0.1, -0.05) is 54.1 Å². The first-order chi connectivity index (χ1) is 15.5. The van der Waals surface area contributed by atoms with Crippen LogP contribution < -0.4 is 4.74 Å². The van der Waals surface area contributed by atoms with Crippen LogP contribution in [0.2, 0.25) is 5.02 Å². The van der Waals surface area contributed by atoms with Crippen molar-refractivity contribution in [1.82, 2.24) is 0 Å². The number of ether oxygens (including phenoxy) is 2. The number of halogens is 1. The molecule has 0 aliphatic carbocycles. The van der Waals surface area contributed by atoms with Gasteiger partial charge in [0.15, 0.2) is 5.70 Å². The molecule has 0 saturated carbocycles. The summed E-state index contributed by atoms with van der Waals surface area (Å²) in [4.78, 5) is 26.7. The number of hydrogen-bond donors (Lipinski definition) is 0. The fourth-order valence-electron chi connectivity index (χ4n) is 3.06. The molecule has 0 radical (unpaired) electrons. The largest absolute Gasteiger partial charge is 0.493 e. The highest BCUT2D eigenvalue weighted by Gasteiger charge is 2.26. The van der Waals surface area contributed by atoms with Crippen LogP contribution in [0.25, 0.3) is 6.08 Å². The summed E-state index contributed by atoms with van der Waals surface area (Å²) in [6.07, 6.45) is 2.39. The lowest BCUT2D eigenvalue weighted by Crippen LogP contribution is -2.06. The molecule has 3 aromatic carbocycles. The zero-order valence-electron chi connectivity index (χ0n) is 16.7. The summed E-state index contributed by atoms with van der Waals surface area (Å²) in [5.41, 5.74) is 2.19. The number of nitro groups is 1. The number of benzene rings is 3. The minimum Gasteiger partial charge on any atom is -0.493 e. The van der Waals surface area contributed by atoms with E-state index in [0.29, 0.717) is 12.2 Å². The number of aliphatic imine (C=N–C) groups is 1. The fourth-order valence-corrected chi connectivity index (χ4v) is 3.32. The molecule has 32 heavy (non-hydrogen) atoms. The number of carbonyl (C=O) groups excluding carboxylic acids is 1. The summed E-state index contributed by atoms with van der Waals surface area (Å²) in [6.45, 7) is 0.556. The molecular formula is C24H17ClN2O5. The number of cyclic esters (lactones) is 1. The fraction of sp³-hybridized carbons (Fsp3) is 0.0833. The lowest BCUT2D eigenvalue weighted by Gasteiger charge is -2.06. The van der Waals surface area contributed by atoms with Gasteiger partial charge in [0, 0.05) is 18.6 Å². The normalized spacial score (nSPS) is 14.2. The summed E-state index contributed by atoms with van der Waals surface area (Å²) < 4.78 is 11.0. The molecule has 0 amide bonds. The van der Waals surface area contributed by atoms with Gasteiger partial charge in [0.05, 0.1) is 22.1 Å². The first-order valence-corrected chi connectivity index (χ1v) is 10.1. The average Bonchev–Trinajstić information content (AvgIpc) is 3.15. The monoisotopic (exact) mass is 448 g/mol. The summed E-state index contributed by atoms with van der Waals surface area (Å²) >= 11 is 6.10. The van der Waals surface area contributed by atoms with Crippen molar-refractivity contribution in [3.63, 3.8) is 0 Å². The zero-order valence-corrected chi connectivity index (χ0v) is 17.5. The Labute approximate surface area is 188 Å². The van der Waals surface area contributed by atoms with Crippen LogP contribution in [0.5, 0.6) is 5.75 Å². The van der Waals surface area contributed by atoms with Gasteiger partial charge in [-0.2, -0.15) is 0 Å². The number of hydrogen-bond acceptors (Lipinski definition) is 6. The topological polar surface area (TPSA) is 91.0 Å². The van der Waals surface area contributed by atoms with Crippen molar-refractivity contribution in [2.75, 3.05) is 6.61 Å². The van der Waals surface area contributed by atoms with Gasteiger partial charge in [-0.05, 0) is 35.4 Å². The van der Waals surface area contributed by atoms with Crippen LogP contribution in [0.4, 0.5) is 5.69 Å². The zero-order chi connectivity index (χ0) is 22.5. The van der Waals surface area contributed by atoms with E-state index >= 15 is 0 Å². The molecule has 0 spiro atoms. The molecule has 3 aromatic rings. The van der Waals surface area contributed by atoms with E-state index < -0.39 is 10.9 Å². The molecular weight excluding hydrogens is 432 g/mol. The highest BCUT2D eigenvalue weighted by Crippen LogP contribution is 2.27.